The molecule has 0 spiro atoms. The quantitative estimate of drug-likeness (QED) is 0.567. The van der Waals surface area contributed by atoms with Crippen molar-refractivity contribution in [1.82, 2.24) is 10.2 Å². The Balaban J connectivity index is 1.60. The van der Waals surface area contributed by atoms with Gasteiger partial charge in [0.25, 0.3) is 15.9 Å². The topological polar surface area (TPSA) is 78.5 Å². The normalized spacial score (nSPS) is 15.3. The maximum absolute atomic E-state index is 12.8. The van der Waals surface area contributed by atoms with Crippen LogP contribution in [-0.4, -0.2) is 45.4 Å². The molecule has 168 valence electrons. The molecule has 1 heterocycles. The van der Waals surface area contributed by atoms with Gasteiger partial charge in [-0.2, -0.15) is 0 Å². The first-order chi connectivity index (χ1) is 14.8. The van der Waals surface area contributed by atoms with Crippen LogP contribution in [0.3, 0.4) is 0 Å². The fourth-order valence-corrected chi connectivity index (χ4v) is 5.23. The molecule has 2 aromatic carbocycles. The van der Waals surface area contributed by atoms with Crippen molar-refractivity contribution in [2.24, 2.45) is 0 Å². The smallest absolute Gasteiger partial charge is 0.263 e. The molecule has 2 N–H and O–H groups in total. The molecule has 0 saturated carbocycles. The van der Waals surface area contributed by atoms with E-state index in [0.29, 0.717) is 12.2 Å². The van der Waals surface area contributed by atoms with Gasteiger partial charge in [-0.1, -0.05) is 42.1 Å². The summed E-state index contributed by atoms with van der Waals surface area (Å²) in [7, 11) is -3.92. The van der Waals surface area contributed by atoms with E-state index in [-0.39, 0.29) is 21.4 Å². The minimum absolute atomic E-state index is 0.0670. The van der Waals surface area contributed by atoms with Gasteiger partial charge in [-0.3, -0.25) is 9.52 Å². The number of sulfonamides is 1. The van der Waals surface area contributed by atoms with Crippen LogP contribution in [0.5, 0.6) is 0 Å². The monoisotopic (exact) mass is 463 g/mol. The largest absolute Gasteiger partial charge is 0.352 e. The number of aryl methyl sites for hydroxylation is 1. The summed E-state index contributed by atoms with van der Waals surface area (Å²) in [5, 5.41) is 2.95. The van der Waals surface area contributed by atoms with E-state index in [1.165, 1.54) is 43.9 Å². The zero-order chi connectivity index (χ0) is 22.3. The molecule has 1 aliphatic rings. The molecule has 0 aliphatic carbocycles. The number of nitrogens with zero attached hydrogens (tertiary/aromatic N) is 1. The lowest BCUT2D eigenvalue weighted by Crippen LogP contribution is -2.30. The van der Waals surface area contributed by atoms with Crippen LogP contribution in [0.4, 0.5) is 5.69 Å². The van der Waals surface area contributed by atoms with Crippen molar-refractivity contribution >= 4 is 33.2 Å². The highest BCUT2D eigenvalue weighted by Gasteiger charge is 2.20. The van der Waals surface area contributed by atoms with E-state index in [9.17, 15) is 13.2 Å². The zero-order valence-corrected chi connectivity index (χ0v) is 19.4. The summed E-state index contributed by atoms with van der Waals surface area (Å²) in [4.78, 5) is 14.9. The predicted molar refractivity (Wildman–Crippen MR) is 125 cm³/mol. The maximum atomic E-state index is 12.8. The number of rotatable bonds is 8. The average Bonchev–Trinajstić information content (AvgIpc) is 3.01. The highest BCUT2D eigenvalue weighted by atomic mass is 35.5. The summed E-state index contributed by atoms with van der Waals surface area (Å²) in [6.07, 6.45) is 5.94. The molecular weight excluding hydrogens is 434 g/mol. The number of likely N-dealkylation sites (tertiary alicyclic amines) is 1. The van der Waals surface area contributed by atoms with E-state index in [2.05, 4.69) is 14.9 Å². The van der Waals surface area contributed by atoms with Crippen LogP contribution in [-0.2, 0) is 10.0 Å². The molecule has 6 nitrogen and oxygen atoms in total. The number of benzene rings is 2. The fourth-order valence-electron chi connectivity index (χ4n) is 3.65. The van der Waals surface area contributed by atoms with Gasteiger partial charge >= 0.3 is 0 Å². The van der Waals surface area contributed by atoms with Gasteiger partial charge in [0.05, 0.1) is 5.02 Å². The number of carbonyl (C=O) groups is 1. The average molecular weight is 464 g/mol. The third-order valence-electron chi connectivity index (χ3n) is 5.42. The van der Waals surface area contributed by atoms with Crippen LogP contribution >= 0.6 is 11.6 Å². The van der Waals surface area contributed by atoms with Gasteiger partial charge in [0.1, 0.15) is 4.90 Å². The van der Waals surface area contributed by atoms with Crippen LogP contribution in [0, 0.1) is 6.92 Å². The second-order valence-electron chi connectivity index (χ2n) is 7.98. The van der Waals surface area contributed by atoms with E-state index in [0.717, 1.165) is 31.6 Å². The van der Waals surface area contributed by atoms with Crippen LogP contribution in [0.1, 0.15) is 48.0 Å². The van der Waals surface area contributed by atoms with Crippen LogP contribution in [0.25, 0.3) is 0 Å². The second kappa shape index (κ2) is 11.0. The van der Waals surface area contributed by atoms with Gasteiger partial charge in [-0.05, 0) is 76.2 Å². The van der Waals surface area contributed by atoms with E-state index < -0.39 is 10.0 Å². The van der Waals surface area contributed by atoms with Crippen molar-refractivity contribution in [2.75, 3.05) is 30.9 Å². The third-order valence-corrected chi connectivity index (χ3v) is 7.28. The van der Waals surface area contributed by atoms with Crippen molar-refractivity contribution in [3.05, 3.63) is 58.6 Å². The Morgan fingerprint density at radius 2 is 1.71 bits per heavy atom. The summed E-state index contributed by atoms with van der Waals surface area (Å²) in [5.74, 6) is -0.306. The summed E-state index contributed by atoms with van der Waals surface area (Å²) < 4.78 is 28.1. The van der Waals surface area contributed by atoms with Gasteiger partial charge < -0.3 is 10.2 Å². The molecular formula is C23H30ClN3O3S. The first-order valence-corrected chi connectivity index (χ1v) is 12.6. The Bertz CT molecular complexity index is 986. The van der Waals surface area contributed by atoms with E-state index >= 15 is 0 Å². The molecule has 1 amide bonds. The lowest BCUT2D eigenvalue weighted by Gasteiger charge is -2.19. The summed E-state index contributed by atoms with van der Waals surface area (Å²) in [5.41, 5.74) is 1.73. The van der Waals surface area contributed by atoms with Crippen LogP contribution in [0.2, 0.25) is 5.02 Å². The number of amides is 1. The Morgan fingerprint density at radius 3 is 2.39 bits per heavy atom. The van der Waals surface area contributed by atoms with Crippen molar-refractivity contribution in [2.45, 2.75) is 43.9 Å². The van der Waals surface area contributed by atoms with Crippen molar-refractivity contribution in [3.8, 4) is 0 Å². The van der Waals surface area contributed by atoms with Gasteiger partial charge in [0.15, 0.2) is 0 Å². The molecule has 1 fully saturated rings. The molecule has 2 aromatic rings. The molecule has 31 heavy (non-hydrogen) atoms. The third kappa shape index (κ3) is 6.95. The van der Waals surface area contributed by atoms with E-state index in [1.54, 1.807) is 12.1 Å². The SMILES string of the molecule is Cc1ccc(NS(=O)(=O)c2cc(C(=O)NCCCN3CCCCCC3)ccc2Cl)cc1. The molecule has 0 unspecified atom stereocenters. The number of nitrogens with one attached hydrogen (secondary N) is 2. The summed E-state index contributed by atoms with van der Waals surface area (Å²) in [6.45, 7) is 5.68. The van der Waals surface area contributed by atoms with Crippen molar-refractivity contribution in [3.63, 3.8) is 0 Å². The Kier molecular flexibility index (Phi) is 8.35. The Labute approximate surface area is 190 Å². The zero-order valence-electron chi connectivity index (χ0n) is 17.9. The standard InChI is InChI=1S/C23H30ClN3O3S/c1-18-7-10-20(11-8-18)26-31(29,30)22-17-19(9-12-21(22)24)23(28)25-13-6-16-27-14-4-2-3-5-15-27/h7-12,17,26H,2-6,13-16H2,1H3,(H,25,28). The minimum atomic E-state index is -3.92. The number of halogens is 1. The van der Waals surface area contributed by atoms with Crippen LogP contribution in [0.15, 0.2) is 47.4 Å². The molecule has 0 aromatic heterocycles. The maximum Gasteiger partial charge on any atom is 0.263 e. The number of carbonyl (C=O) groups excluding carboxylic acids is 1. The molecule has 0 bridgehead atoms. The highest BCUT2D eigenvalue weighted by Crippen LogP contribution is 2.25. The fraction of sp³-hybridized carbons (Fsp3) is 0.435. The molecule has 3 rings (SSSR count). The lowest BCUT2D eigenvalue weighted by molar-refractivity contribution is 0.0951. The first-order valence-electron chi connectivity index (χ1n) is 10.7. The van der Waals surface area contributed by atoms with Gasteiger partial charge in [0, 0.05) is 17.8 Å². The molecule has 1 saturated heterocycles. The Hall–Kier alpha value is -2.09. The molecule has 0 radical (unpaired) electrons. The predicted octanol–water partition coefficient (Wildman–Crippen LogP) is 4.45. The highest BCUT2D eigenvalue weighted by molar-refractivity contribution is 7.92. The summed E-state index contributed by atoms with van der Waals surface area (Å²) in [6, 6.07) is 11.3. The van der Waals surface area contributed by atoms with Crippen LogP contribution < -0.4 is 10.0 Å². The minimum Gasteiger partial charge on any atom is -0.352 e. The second-order valence-corrected chi connectivity index (χ2v) is 10.0. The summed E-state index contributed by atoms with van der Waals surface area (Å²) >= 11 is 6.15. The van der Waals surface area contributed by atoms with E-state index in [1.807, 2.05) is 19.1 Å². The van der Waals surface area contributed by atoms with E-state index in [4.69, 9.17) is 11.6 Å². The Morgan fingerprint density at radius 1 is 1.03 bits per heavy atom. The lowest BCUT2D eigenvalue weighted by atomic mass is 10.2. The molecule has 8 heteroatoms. The van der Waals surface area contributed by atoms with Crippen molar-refractivity contribution in [1.29, 1.82) is 0 Å². The first kappa shape index (κ1) is 23.6. The number of hydrogen-bond donors (Lipinski definition) is 2. The number of hydrogen-bond acceptors (Lipinski definition) is 4. The van der Waals surface area contributed by atoms with Gasteiger partial charge in [-0.15, -0.1) is 0 Å². The van der Waals surface area contributed by atoms with Gasteiger partial charge in [0.2, 0.25) is 0 Å². The molecule has 1 aliphatic heterocycles. The molecule has 0 atom stereocenters. The number of anilines is 1. The van der Waals surface area contributed by atoms with Crippen molar-refractivity contribution < 1.29 is 13.2 Å². The van der Waals surface area contributed by atoms with Gasteiger partial charge in [-0.25, -0.2) is 8.42 Å².